The van der Waals surface area contributed by atoms with E-state index in [0.717, 1.165) is 6.42 Å². The molecular formula is C6H10S. The van der Waals surface area contributed by atoms with Crippen molar-refractivity contribution in [2.75, 3.05) is 0 Å². The van der Waals surface area contributed by atoms with Gasteiger partial charge < -0.3 is 0 Å². The second-order valence-electron chi connectivity index (χ2n) is 1.89. The van der Waals surface area contributed by atoms with Gasteiger partial charge in [0.2, 0.25) is 0 Å². The number of hydrogen-bond donors (Lipinski definition) is 1. The second-order valence-corrected chi connectivity index (χ2v) is 2.11. The SMILES string of the molecule is CC(C)CC#CS. The van der Waals surface area contributed by atoms with Gasteiger partial charge in [-0.2, -0.15) is 0 Å². The molecule has 0 rings (SSSR count). The topological polar surface area (TPSA) is 0 Å². The normalized spacial score (nSPS) is 8.00. The van der Waals surface area contributed by atoms with Gasteiger partial charge in [0.05, 0.1) is 0 Å². The molecule has 0 aliphatic carbocycles. The van der Waals surface area contributed by atoms with Crippen LogP contribution >= 0.6 is 12.6 Å². The van der Waals surface area contributed by atoms with E-state index in [9.17, 15) is 0 Å². The van der Waals surface area contributed by atoms with Crippen molar-refractivity contribution in [3.8, 4) is 11.2 Å². The van der Waals surface area contributed by atoms with E-state index in [-0.39, 0.29) is 0 Å². The quantitative estimate of drug-likeness (QED) is 0.391. The average molecular weight is 114 g/mol. The number of thiol groups is 1. The van der Waals surface area contributed by atoms with Crippen LogP contribution in [0.2, 0.25) is 0 Å². The number of hydrogen-bond acceptors (Lipinski definition) is 1. The summed E-state index contributed by atoms with van der Waals surface area (Å²) in [7, 11) is 0. The Labute approximate surface area is 50.7 Å². The lowest BCUT2D eigenvalue weighted by Crippen LogP contribution is -1.80. The van der Waals surface area contributed by atoms with E-state index in [1.807, 2.05) is 0 Å². The predicted molar refractivity (Wildman–Crippen MR) is 36.2 cm³/mol. The highest BCUT2D eigenvalue weighted by Gasteiger charge is 1.84. The summed E-state index contributed by atoms with van der Waals surface area (Å²) in [6.07, 6.45) is 0.962. The van der Waals surface area contributed by atoms with Crippen LogP contribution in [0.25, 0.3) is 0 Å². The molecule has 0 amide bonds. The van der Waals surface area contributed by atoms with E-state index in [2.05, 4.69) is 37.6 Å². The largest absolute Gasteiger partial charge is 0.0922 e. The van der Waals surface area contributed by atoms with Crippen LogP contribution in [0.5, 0.6) is 0 Å². The highest BCUT2D eigenvalue weighted by atomic mass is 32.1. The second kappa shape index (κ2) is 4.08. The molecule has 0 bridgehead atoms. The van der Waals surface area contributed by atoms with Crippen molar-refractivity contribution in [2.45, 2.75) is 20.3 Å². The first-order chi connectivity index (χ1) is 3.27. The predicted octanol–water partition coefficient (Wildman–Crippen LogP) is 1.92. The van der Waals surface area contributed by atoms with E-state index in [0.29, 0.717) is 5.92 Å². The third kappa shape index (κ3) is 5.91. The van der Waals surface area contributed by atoms with Gasteiger partial charge in [0.15, 0.2) is 0 Å². The molecule has 0 radical (unpaired) electrons. The molecule has 7 heavy (non-hydrogen) atoms. The van der Waals surface area contributed by atoms with Crippen molar-refractivity contribution in [3.63, 3.8) is 0 Å². The Balaban J connectivity index is 3.08. The summed E-state index contributed by atoms with van der Waals surface area (Å²) in [5.41, 5.74) is 0. The van der Waals surface area contributed by atoms with Crippen LogP contribution in [0.1, 0.15) is 20.3 Å². The lowest BCUT2D eigenvalue weighted by Gasteiger charge is -1.90. The van der Waals surface area contributed by atoms with Gasteiger partial charge in [0, 0.05) is 6.42 Å². The molecule has 0 aliphatic heterocycles. The standard InChI is InChI=1S/C6H10S/c1-6(2)4-3-5-7/h6-7H,4H2,1-2H3. The lowest BCUT2D eigenvalue weighted by atomic mass is 10.1. The summed E-state index contributed by atoms with van der Waals surface area (Å²) in [6, 6.07) is 0. The first-order valence-corrected chi connectivity index (χ1v) is 2.84. The molecule has 1 heteroatoms. The van der Waals surface area contributed by atoms with Crippen molar-refractivity contribution in [3.05, 3.63) is 0 Å². The van der Waals surface area contributed by atoms with Crippen LogP contribution in [0.15, 0.2) is 0 Å². The maximum Gasteiger partial charge on any atom is 0.0121 e. The maximum absolute atomic E-state index is 3.73. The van der Waals surface area contributed by atoms with Crippen molar-refractivity contribution in [1.29, 1.82) is 0 Å². The first-order valence-electron chi connectivity index (χ1n) is 2.39. The minimum Gasteiger partial charge on any atom is -0.0922 e. The Bertz CT molecular complexity index is 84.1. The molecule has 0 saturated carbocycles. The Morgan fingerprint density at radius 3 is 2.29 bits per heavy atom. The van der Waals surface area contributed by atoms with Crippen LogP contribution in [-0.2, 0) is 0 Å². The molecule has 0 heterocycles. The van der Waals surface area contributed by atoms with E-state index >= 15 is 0 Å². The zero-order chi connectivity index (χ0) is 5.70. The molecule has 0 aromatic carbocycles. The minimum atomic E-state index is 0.680. The van der Waals surface area contributed by atoms with Crippen LogP contribution in [-0.4, -0.2) is 0 Å². The van der Waals surface area contributed by atoms with Gasteiger partial charge in [-0.05, 0) is 11.2 Å². The molecular weight excluding hydrogens is 104 g/mol. The highest BCUT2D eigenvalue weighted by Crippen LogP contribution is 1.95. The molecule has 0 spiro atoms. The van der Waals surface area contributed by atoms with Gasteiger partial charge in [0.25, 0.3) is 0 Å². The summed E-state index contributed by atoms with van der Waals surface area (Å²) < 4.78 is 0. The van der Waals surface area contributed by atoms with Gasteiger partial charge in [0.1, 0.15) is 0 Å². The lowest BCUT2D eigenvalue weighted by molar-refractivity contribution is 0.676. The third-order valence-electron chi connectivity index (χ3n) is 0.589. The van der Waals surface area contributed by atoms with Crippen LogP contribution in [0.3, 0.4) is 0 Å². The Hall–Kier alpha value is -0.0900. The molecule has 40 valence electrons. The maximum atomic E-state index is 3.73. The van der Waals surface area contributed by atoms with E-state index in [4.69, 9.17) is 0 Å². The van der Waals surface area contributed by atoms with Gasteiger partial charge in [-0.3, -0.25) is 0 Å². The molecule has 0 saturated heterocycles. The van der Waals surface area contributed by atoms with Gasteiger partial charge in [-0.15, -0.1) is 0 Å². The molecule has 0 fully saturated rings. The molecule has 0 aromatic heterocycles. The van der Waals surface area contributed by atoms with Crippen molar-refractivity contribution in [1.82, 2.24) is 0 Å². The fraction of sp³-hybridized carbons (Fsp3) is 0.667. The summed E-state index contributed by atoms with van der Waals surface area (Å²) in [5.74, 6) is 3.54. The van der Waals surface area contributed by atoms with E-state index in [1.54, 1.807) is 0 Å². The molecule has 0 nitrogen and oxygen atoms in total. The zero-order valence-electron chi connectivity index (χ0n) is 4.73. The Kier molecular flexibility index (Phi) is 4.03. The Morgan fingerprint density at radius 2 is 2.14 bits per heavy atom. The van der Waals surface area contributed by atoms with Crippen LogP contribution in [0, 0.1) is 17.1 Å². The highest BCUT2D eigenvalue weighted by molar-refractivity contribution is 7.85. The van der Waals surface area contributed by atoms with Crippen molar-refractivity contribution >= 4 is 12.6 Å². The molecule has 0 unspecified atom stereocenters. The van der Waals surface area contributed by atoms with E-state index in [1.165, 1.54) is 0 Å². The van der Waals surface area contributed by atoms with Gasteiger partial charge >= 0.3 is 0 Å². The summed E-state index contributed by atoms with van der Waals surface area (Å²) in [6.45, 7) is 4.27. The first kappa shape index (κ1) is 6.91. The molecule has 0 N–H and O–H groups in total. The monoisotopic (exact) mass is 114 g/mol. The fourth-order valence-corrected chi connectivity index (χ4v) is 0.341. The molecule has 0 atom stereocenters. The summed E-state index contributed by atoms with van der Waals surface area (Å²) >= 11 is 3.73. The van der Waals surface area contributed by atoms with Crippen molar-refractivity contribution < 1.29 is 0 Å². The Morgan fingerprint density at radius 1 is 1.57 bits per heavy atom. The van der Waals surface area contributed by atoms with Crippen LogP contribution in [0.4, 0.5) is 0 Å². The van der Waals surface area contributed by atoms with Gasteiger partial charge in [-0.1, -0.05) is 32.4 Å². The minimum absolute atomic E-state index is 0.680. The van der Waals surface area contributed by atoms with Gasteiger partial charge in [-0.25, -0.2) is 0 Å². The molecule has 0 aromatic rings. The smallest absolute Gasteiger partial charge is 0.0121 e. The zero-order valence-corrected chi connectivity index (χ0v) is 5.63. The average Bonchev–Trinajstić information content (AvgIpc) is 1.61. The summed E-state index contributed by atoms with van der Waals surface area (Å²) in [4.78, 5) is 0. The van der Waals surface area contributed by atoms with Crippen LogP contribution < -0.4 is 0 Å². The van der Waals surface area contributed by atoms with E-state index < -0.39 is 0 Å². The fourth-order valence-electron chi connectivity index (χ4n) is 0.250. The molecule has 0 aliphatic rings. The number of rotatable bonds is 1. The van der Waals surface area contributed by atoms with Crippen molar-refractivity contribution in [2.24, 2.45) is 5.92 Å². The summed E-state index contributed by atoms with van der Waals surface area (Å²) in [5, 5.41) is 2.54. The third-order valence-corrected chi connectivity index (χ3v) is 0.747.